The molecule has 0 radical (unpaired) electrons. The van der Waals surface area contributed by atoms with Crippen molar-refractivity contribution in [1.82, 2.24) is 20.2 Å². The molecule has 0 aliphatic carbocycles. The number of nitrogens with zero attached hydrogens (tertiary/aromatic N) is 2. The van der Waals surface area contributed by atoms with E-state index in [1.165, 1.54) is 0 Å². The van der Waals surface area contributed by atoms with Gasteiger partial charge in [-0.25, -0.2) is 4.52 Å². The molecule has 2 N–H and O–H groups in total. The van der Waals surface area contributed by atoms with Gasteiger partial charge in [-0.2, -0.15) is 5.10 Å². The van der Waals surface area contributed by atoms with Crippen LogP contribution in [-0.2, 0) is 9.53 Å². The van der Waals surface area contributed by atoms with E-state index in [1.807, 2.05) is 18.2 Å². The molecule has 0 atom stereocenters. The molecule has 0 aromatic carbocycles. The second kappa shape index (κ2) is 7.39. The van der Waals surface area contributed by atoms with Crippen molar-refractivity contribution in [3.05, 3.63) is 36.2 Å². The van der Waals surface area contributed by atoms with Crippen molar-refractivity contribution in [2.24, 2.45) is 0 Å². The maximum absolute atomic E-state index is 11.9. The number of methoxy groups -OCH3 is 1. The Morgan fingerprint density at radius 3 is 2.95 bits per heavy atom. The normalized spacial score (nSPS) is 10.5. The first-order valence-corrected chi connectivity index (χ1v) is 6.69. The lowest BCUT2D eigenvalue weighted by Gasteiger charge is -2.05. The lowest BCUT2D eigenvalue weighted by molar-refractivity contribution is -0.120. The molecule has 0 bridgehead atoms. The second-order valence-corrected chi connectivity index (χ2v) is 4.48. The number of rotatable bonds is 7. The monoisotopic (exact) mass is 290 g/mol. The molecular formula is C14H18N4O3. The molecule has 0 unspecified atom stereocenters. The number of aromatic nitrogens is 2. The zero-order valence-electron chi connectivity index (χ0n) is 11.8. The third-order valence-corrected chi connectivity index (χ3v) is 2.86. The SMILES string of the molecule is COCCCNC(=O)CNC(=O)c1cc2ccccn2n1. The van der Waals surface area contributed by atoms with Crippen LogP contribution in [0.5, 0.6) is 0 Å². The van der Waals surface area contributed by atoms with Crippen molar-refractivity contribution >= 4 is 17.3 Å². The van der Waals surface area contributed by atoms with Gasteiger partial charge in [-0.05, 0) is 24.6 Å². The van der Waals surface area contributed by atoms with E-state index in [1.54, 1.807) is 23.9 Å². The topological polar surface area (TPSA) is 84.7 Å². The quantitative estimate of drug-likeness (QED) is 0.714. The number of carbonyl (C=O) groups excluding carboxylic acids is 2. The predicted molar refractivity (Wildman–Crippen MR) is 77.0 cm³/mol. The highest BCUT2D eigenvalue weighted by molar-refractivity contribution is 5.95. The Kier molecular flexibility index (Phi) is 5.28. The first-order chi connectivity index (χ1) is 10.2. The fourth-order valence-corrected chi connectivity index (χ4v) is 1.81. The number of hydrogen-bond donors (Lipinski definition) is 2. The van der Waals surface area contributed by atoms with Crippen LogP contribution in [0.4, 0.5) is 0 Å². The first-order valence-electron chi connectivity index (χ1n) is 6.69. The minimum Gasteiger partial charge on any atom is -0.385 e. The Hall–Kier alpha value is -2.41. The average Bonchev–Trinajstić information content (AvgIpc) is 2.93. The van der Waals surface area contributed by atoms with Gasteiger partial charge in [0.25, 0.3) is 5.91 Å². The van der Waals surface area contributed by atoms with Gasteiger partial charge in [-0.3, -0.25) is 9.59 Å². The van der Waals surface area contributed by atoms with Gasteiger partial charge in [0.2, 0.25) is 5.91 Å². The van der Waals surface area contributed by atoms with Gasteiger partial charge in [0.15, 0.2) is 5.69 Å². The summed E-state index contributed by atoms with van der Waals surface area (Å²) >= 11 is 0. The predicted octanol–water partition coefficient (Wildman–Crippen LogP) is 0.217. The molecule has 2 heterocycles. The summed E-state index contributed by atoms with van der Waals surface area (Å²) in [6.07, 6.45) is 2.50. The summed E-state index contributed by atoms with van der Waals surface area (Å²) in [4.78, 5) is 23.4. The number of pyridine rings is 1. The van der Waals surface area contributed by atoms with Crippen LogP contribution in [0.3, 0.4) is 0 Å². The Balaban J connectivity index is 1.80. The minimum absolute atomic E-state index is 0.0698. The third kappa shape index (κ3) is 4.28. The smallest absolute Gasteiger partial charge is 0.272 e. The van der Waals surface area contributed by atoms with Gasteiger partial charge in [-0.1, -0.05) is 6.07 Å². The summed E-state index contributed by atoms with van der Waals surface area (Å²) < 4.78 is 6.49. The summed E-state index contributed by atoms with van der Waals surface area (Å²) in [6.45, 7) is 1.05. The lowest BCUT2D eigenvalue weighted by Crippen LogP contribution is -2.37. The van der Waals surface area contributed by atoms with E-state index in [9.17, 15) is 9.59 Å². The molecule has 0 saturated heterocycles. The number of ether oxygens (including phenoxy) is 1. The van der Waals surface area contributed by atoms with Crippen LogP contribution in [0.1, 0.15) is 16.9 Å². The van der Waals surface area contributed by atoms with Crippen molar-refractivity contribution in [1.29, 1.82) is 0 Å². The highest BCUT2D eigenvalue weighted by Gasteiger charge is 2.11. The molecule has 0 spiro atoms. The van der Waals surface area contributed by atoms with Crippen molar-refractivity contribution in [3.8, 4) is 0 Å². The molecule has 7 heteroatoms. The Bertz CT molecular complexity index is 590. The van der Waals surface area contributed by atoms with Crippen molar-refractivity contribution in [2.45, 2.75) is 6.42 Å². The van der Waals surface area contributed by atoms with E-state index in [0.29, 0.717) is 13.2 Å². The molecule has 2 amide bonds. The van der Waals surface area contributed by atoms with Crippen LogP contribution in [0, 0.1) is 0 Å². The Morgan fingerprint density at radius 2 is 2.19 bits per heavy atom. The number of nitrogens with one attached hydrogen (secondary N) is 2. The summed E-state index contributed by atoms with van der Waals surface area (Å²) in [6, 6.07) is 7.22. The molecule has 21 heavy (non-hydrogen) atoms. The maximum Gasteiger partial charge on any atom is 0.272 e. The maximum atomic E-state index is 11.9. The first kappa shape index (κ1) is 15.0. The molecule has 2 rings (SSSR count). The summed E-state index contributed by atoms with van der Waals surface area (Å²) in [5, 5.41) is 9.37. The van der Waals surface area contributed by atoms with Crippen molar-refractivity contribution in [3.63, 3.8) is 0 Å². The van der Waals surface area contributed by atoms with Gasteiger partial charge in [-0.15, -0.1) is 0 Å². The summed E-state index contributed by atoms with van der Waals surface area (Å²) in [5.41, 5.74) is 1.11. The Morgan fingerprint density at radius 1 is 1.33 bits per heavy atom. The van der Waals surface area contributed by atoms with Gasteiger partial charge in [0.1, 0.15) is 0 Å². The highest BCUT2D eigenvalue weighted by Crippen LogP contribution is 2.05. The van der Waals surface area contributed by atoms with Crippen molar-refractivity contribution < 1.29 is 14.3 Å². The number of carbonyl (C=O) groups is 2. The standard InChI is InChI=1S/C14H18N4O3/c1-21-8-4-6-15-13(19)10-16-14(20)12-9-11-5-2-3-7-18(11)17-12/h2-3,5,7,9H,4,6,8,10H2,1H3,(H,15,19)(H,16,20). The molecule has 2 aromatic rings. The molecule has 0 aliphatic rings. The van der Waals surface area contributed by atoms with Crippen LogP contribution in [0.2, 0.25) is 0 Å². The summed E-state index contributed by atoms with van der Waals surface area (Å²) in [5.74, 6) is -0.603. The Labute approximate surface area is 122 Å². The van der Waals surface area contributed by atoms with Crippen LogP contribution in [0.25, 0.3) is 5.52 Å². The zero-order chi connectivity index (χ0) is 15.1. The van der Waals surface area contributed by atoms with E-state index in [-0.39, 0.29) is 24.1 Å². The van der Waals surface area contributed by atoms with Crippen molar-refractivity contribution in [2.75, 3.05) is 26.8 Å². The molecule has 7 nitrogen and oxygen atoms in total. The van der Waals surface area contributed by atoms with Gasteiger partial charge >= 0.3 is 0 Å². The van der Waals surface area contributed by atoms with E-state index in [4.69, 9.17) is 4.74 Å². The highest BCUT2D eigenvalue weighted by atomic mass is 16.5. The minimum atomic E-state index is -0.370. The van der Waals surface area contributed by atoms with Crippen LogP contribution in [-0.4, -0.2) is 48.2 Å². The number of fused-ring (bicyclic) bond motifs is 1. The fourth-order valence-electron chi connectivity index (χ4n) is 1.81. The van der Waals surface area contributed by atoms with E-state index >= 15 is 0 Å². The van der Waals surface area contributed by atoms with Gasteiger partial charge < -0.3 is 15.4 Å². The molecule has 0 saturated carbocycles. The largest absolute Gasteiger partial charge is 0.385 e. The van der Waals surface area contributed by atoms with Gasteiger partial charge in [0, 0.05) is 26.5 Å². The molecule has 0 fully saturated rings. The van der Waals surface area contributed by atoms with E-state index in [2.05, 4.69) is 15.7 Å². The zero-order valence-corrected chi connectivity index (χ0v) is 11.8. The van der Waals surface area contributed by atoms with E-state index in [0.717, 1.165) is 11.9 Å². The average molecular weight is 290 g/mol. The number of hydrogen-bond acceptors (Lipinski definition) is 4. The molecule has 2 aromatic heterocycles. The molecule has 0 aliphatic heterocycles. The number of amides is 2. The van der Waals surface area contributed by atoms with Crippen LogP contribution in [0.15, 0.2) is 30.5 Å². The third-order valence-electron chi connectivity index (χ3n) is 2.86. The second-order valence-electron chi connectivity index (χ2n) is 4.48. The van der Waals surface area contributed by atoms with Crippen LogP contribution < -0.4 is 10.6 Å². The lowest BCUT2D eigenvalue weighted by atomic mass is 10.3. The molecular weight excluding hydrogens is 272 g/mol. The van der Waals surface area contributed by atoms with E-state index < -0.39 is 0 Å². The van der Waals surface area contributed by atoms with Gasteiger partial charge in [0.05, 0.1) is 12.1 Å². The summed E-state index contributed by atoms with van der Waals surface area (Å²) in [7, 11) is 1.61. The van der Waals surface area contributed by atoms with Crippen LogP contribution >= 0.6 is 0 Å². The molecule has 112 valence electrons. The fraction of sp³-hybridized carbons (Fsp3) is 0.357.